The Morgan fingerprint density at radius 1 is 1.91 bits per heavy atom. The summed E-state index contributed by atoms with van der Waals surface area (Å²) >= 11 is 0. The Bertz CT molecular complexity index is 207. The second-order valence-electron chi connectivity index (χ2n) is 2.77. The third-order valence-electron chi connectivity index (χ3n) is 1.99. The van der Waals surface area contributed by atoms with E-state index in [9.17, 15) is 4.79 Å². The van der Waals surface area contributed by atoms with Gasteiger partial charge in [-0.1, -0.05) is 5.92 Å². The number of nitrogens with two attached hydrogens (primary N) is 1. The molecule has 1 amide bonds. The molecule has 1 fully saturated rings. The molecule has 0 aromatic rings. The first-order valence-corrected chi connectivity index (χ1v) is 3.69. The second kappa shape index (κ2) is 2.93. The van der Waals surface area contributed by atoms with Crippen molar-refractivity contribution in [3.63, 3.8) is 0 Å². The SMILES string of the molecule is C#CC(C)N1CCC(N)C1=O. The molecule has 1 aliphatic rings. The average Bonchev–Trinajstić information content (AvgIpc) is 2.32. The van der Waals surface area contributed by atoms with Crippen molar-refractivity contribution in [2.45, 2.75) is 25.4 Å². The third kappa shape index (κ3) is 1.36. The van der Waals surface area contributed by atoms with Crippen molar-refractivity contribution in [2.24, 2.45) is 5.73 Å². The number of terminal acetylenes is 1. The highest BCUT2D eigenvalue weighted by atomic mass is 16.2. The van der Waals surface area contributed by atoms with Crippen LogP contribution in [0, 0.1) is 12.3 Å². The number of hydrogen-bond acceptors (Lipinski definition) is 2. The lowest BCUT2D eigenvalue weighted by atomic mass is 10.3. The minimum atomic E-state index is -0.328. The van der Waals surface area contributed by atoms with Gasteiger partial charge in [0.05, 0.1) is 12.1 Å². The van der Waals surface area contributed by atoms with E-state index in [1.165, 1.54) is 0 Å². The van der Waals surface area contributed by atoms with Gasteiger partial charge in [0.25, 0.3) is 0 Å². The summed E-state index contributed by atoms with van der Waals surface area (Å²) in [7, 11) is 0. The van der Waals surface area contributed by atoms with Gasteiger partial charge in [-0.15, -0.1) is 6.42 Å². The first-order chi connectivity index (χ1) is 5.16. The molecule has 0 aliphatic carbocycles. The smallest absolute Gasteiger partial charge is 0.240 e. The highest BCUT2D eigenvalue weighted by molar-refractivity contribution is 5.84. The molecule has 1 saturated heterocycles. The Morgan fingerprint density at radius 3 is 2.91 bits per heavy atom. The van der Waals surface area contributed by atoms with Crippen LogP contribution in [0.2, 0.25) is 0 Å². The Morgan fingerprint density at radius 2 is 2.55 bits per heavy atom. The quantitative estimate of drug-likeness (QED) is 0.518. The minimum absolute atomic E-state index is 0.0181. The van der Waals surface area contributed by atoms with Gasteiger partial charge in [0.1, 0.15) is 0 Å². The molecule has 0 bridgehead atoms. The summed E-state index contributed by atoms with van der Waals surface area (Å²) < 4.78 is 0. The van der Waals surface area contributed by atoms with Crippen molar-refractivity contribution in [2.75, 3.05) is 6.54 Å². The third-order valence-corrected chi connectivity index (χ3v) is 1.99. The van der Waals surface area contributed by atoms with Crippen molar-refractivity contribution in [3.05, 3.63) is 0 Å². The Labute approximate surface area is 66.5 Å². The molecule has 1 rings (SSSR count). The van der Waals surface area contributed by atoms with Crippen molar-refractivity contribution >= 4 is 5.91 Å². The number of amides is 1. The normalized spacial score (nSPS) is 26.8. The van der Waals surface area contributed by atoms with E-state index in [2.05, 4.69) is 5.92 Å². The van der Waals surface area contributed by atoms with Crippen LogP contribution < -0.4 is 5.73 Å². The van der Waals surface area contributed by atoms with Crippen molar-refractivity contribution in [1.29, 1.82) is 0 Å². The molecule has 3 nitrogen and oxygen atoms in total. The summed E-state index contributed by atoms with van der Waals surface area (Å²) in [5.74, 6) is 2.49. The number of hydrogen-bond donors (Lipinski definition) is 1. The van der Waals surface area contributed by atoms with Crippen LogP contribution in [0.25, 0.3) is 0 Å². The van der Waals surface area contributed by atoms with Gasteiger partial charge < -0.3 is 10.6 Å². The molecule has 0 saturated carbocycles. The monoisotopic (exact) mass is 152 g/mol. The predicted octanol–water partition coefficient (Wildman–Crippen LogP) is -0.432. The molecule has 0 spiro atoms. The Kier molecular flexibility index (Phi) is 2.16. The van der Waals surface area contributed by atoms with E-state index in [-0.39, 0.29) is 18.0 Å². The highest BCUT2D eigenvalue weighted by Crippen LogP contribution is 2.11. The average molecular weight is 152 g/mol. The number of rotatable bonds is 1. The van der Waals surface area contributed by atoms with Crippen molar-refractivity contribution in [1.82, 2.24) is 4.90 Å². The summed E-state index contributed by atoms with van der Waals surface area (Å²) in [5.41, 5.74) is 5.50. The summed E-state index contributed by atoms with van der Waals surface area (Å²) in [6.45, 7) is 2.53. The molecule has 1 heterocycles. The second-order valence-corrected chi connectivity index (χ2v) is 2.77. The van der Waals surface area contributed by atoms with Gasteiger partial charge in [0, 0.05) is 6.54 Å². The van der Waals surface area contributed by atoms with E-state index in [1.54, 1.807) is 4.90 Å². The summed E-state index contributed by atoms with van der Waals surface area (Å²) in [5, 5.41) is 0. The molecular formula is C8H12N2O. The lowest BCUT2D eigenvalue weighted by Crippen LogP contribution is -2.38. The van der Waals surface area contributed by atoms with Crippen LogP contribution in [0.15, 0.2) is 0 Å². The fourth-order valence-electron chi connectivity index (χ4n) is 1.20. The summed E-state index contributed by atoms with van der Waals surface area (Å²) in [6.07, 6.45) is 5.90. The van der Waals surface area contributed by atoms with Gasteiger partial charge in [-0.3, -0.25) is 4.79 Å². The van der Waals surface area contributed by atoms with Gasteiger partial charge in [-0.05, 0) is 13.3 Å². The van der Waals surface area contributed by atoms with Crippen LogP contribution in [0.4, 0.5) is 0 Å². The van der Waals surface area contributed by atoms with E-state index in [1.807, 2.05) is 6.92 Å². The molecular weight excluding hydrogens is 140 g/mol. The molecule has 2 unspecified atom stereocenters. The fourth-order valence-corrected chi connectivity index (χ4v) is 1.20. The van der Waals surface area contributed by atoms with Crippen LogP contribution in [-0.4, -0.2) is 29.4 Å². The highest BCUT2D eigenvalue weighted by Gasteiger charge is 2.30. The standard InChI is InChI=1S/C8H12N2O/c1-3-6(2)10-5-4-7(9)8(10)11/h1,6-7H,4-5,9H2,2H3. The largest absolute Gasteiger partial charge is 0.328 e. The van der Waals surface area contributed by atoms with Gasteiger partial charge in [0.2, 0.25) is 5.91 Å². The first kappa shape index (κ1) is 8.09. The van der Waals surface area contributed by atoms with Crippen LogP contribution >= 0.6 is 0 Å². The van der Waals surface area contributed by atoms with E-state index in [0.717, 1.165) is 6.42 Å². The molecule has 1 aliphatic heterocycles. The lowest BCUT2D eigenvalue weighted by molar-refractivity contribution is -0.129. The molecule has 3 heteroatoms. The van der Waals surface area contributed by atoms with Crippen LogP contribution in [0.5, 0.6) is 0 Å². The lowest BCUT2D eigenvalue weighted by Gasteiger charge is -2.19. The van der Waals surface area contributed by atoms with E-state index < -0.39 is 0 Å². The van der Waals surface area contributed by atoms with E-state index in [0.29, 0.717) is 6.54 Å². The molecule has 2 atom stereocenters. The van der Waals surface area contributed by atoms with Crippen LogP contribution in [0.3, 0.4) is 0 Å². The zero-order valence-electron chi connectivity index (χ0n) is 6.58. The molecule has 0 radical (unpaired) electrons. The Hall–Kier alpha value is -1.01. The minimum Gasteiger partial charge on any atom is -0.328 e. The maximum absolute atomic E-state index is 11.2. The molecule has 0 aromatic carbocycles. The predicted molar refractivity (Wildman–Crippen MR) is 42.6 cm³/mol. The van der Waals surface area contributed by atoms with Gasteiger partial charge in [-0.25, -0.2) is 0 Å². The first-order valence-electron chi connectivity index (χ1n) is 3.69. The maximum Gasteiger partial charge on any atom is 0.240 e. The Balaban J connectivity index is 2.64. The number of carbonyl (C=O) groups is 1. The number of nitrogens with zero attached hydrogens (tertiary/aromatic N) is 1. The van der Waals surface area contributed by atoms with Crippen molar-refractivity contribution < 1.29 is 4.79 Å². The molecule has 11 heavy (non-hydrogen) atoms. The van der Waals surface area contributed by atoms with E-state index >= 15 is 0 Å². The maximum atomic E-state index is 11.2. The van der Waals surface area contributed by atoms with Gasteiger partial charge >= 0.3 is 0 Å². The summed E-state index contributed by atoms with van der Waals surface area (Å²) in [6, 6.07) is -0.443. The van der Waals surface area contributed by atoms with Crippen molar-refractivity contribution in [3.8, 4) is 12.3 Å². The van der Waals surface area contributed by atoms with Crippen LogP contribution in [-0.2, 0) is 4.79 Å². The van der Waals surface area contributed by atoms with E-state index in [4.69, 9.17) is 12.2 Å². The molecule has 60 valence electrons. The van der Waals surface area contributed by atoms with Gasteiger partial charge in [0.15, 0.2) is 0 Å². The van der Waals surface area contributed by atoms with Gasteiger partial charge in [-0.2, -0.15) is 0 Å². The fraction of sp³-hybridized carbons (Fsp3) is 0.625. The molecule has 0 aromatic heterocycles. The topological polar surface area (TPSA) is 46.3 Å². The molecule has 2 N–H and O–H groups in total. The number of carbonyl (C=O) groups excluding carboxylic acids is 1. The van der Waals surface area contributed by atoms with Crippen LogP contribution in [0.1, 0.15) is 13.3 Å². The zero-order chi connectivity index (χ0) is 8.43. The number of likely N-dealkylation sites (tertiary alicyclic amines) is 1. The summed E-state index contributed by atoms with van der Waals surface area (Å²) in [4.78, 5) is 12.9. The zero-order valence-corrected chi connectivity index (χ0v) is 6.58.